The molecule has 2 aliphatic heterocycles. The zero-order valence-corrected chi connectivity index (χ0v) is 17.8. The smallest absolute Gasteiger partial charge is 0.252 e. The molecule has 0 spiro atoms. The molecule has 3 N–H and O–H groups in total. The first-order chi connectivity index (χ1) is 15.2. The molecule has 3 aliphatic rings. The Morgan fingerprint density at radius 2 is 1.78 bits per heavy atom. The number of nitrogens with zero attached hydrogens (tertiary/aromatic N) is 1. The molecule has 4 atom stereocenters. The molecule has 1 aromatic rings. The fraction of sp³-hybridized carbons (Fsp3) is 0.565. The number of piperidine rings is 1. The predicted molar refractivity (Wildman–Crippen MR) is 111 cm³/mol. The maximum Gasteiger partial charge on any atom is 0.252 e. The lowest BCUT2D eigenvalue weighted by Gasteiger charge is -2.42. The molecule has 174 valence electrons. The topological polar surface area (TPSA) is 81.7 Å². The van der Waals surface area contributed by atoms with Crippen molar-refractivity contribution in [1.82, 2.24) is 15.5 Å². The van der Waals surface area contributed by atoms with Gasteiger partial charge in [0.25, 0.3) is 5.91 Å². The fourth-order valence-corrected chi connectivity index (χ4v) is 5.18. The highest BCUT2D eigenvalue weighted by atomic mass is 19.2. The van der Waals surface area contributed by atoms with Crippen LogP contribution in [0, 0.1) is 23.4 Å². The van der Waals surface area contributed by atoms with Crippen LogP contribution in [0.4, 0.5) is 13.2 Å². The number of amides is 2. The van der Waals surface area contributed by atoms with Crippen molar-refractivity contribution in [2.75, 3.05) is 6.54 Å². The van der Waals surface area contributed by atoms with Crippen molar-refractivity contribution in [3.05, 3.63) is 47.9 Å². The summed E-state index contributed by atoms with van der Waals surface area (Å²) in [7, 11) is 0. The molecular formula is C23H28F3N3O3. The Balaban J connectivity index is 1.40. The Hall–Kier alpha value is -2.55. The van der Waals surface area contributed by atoms with Crippen molar-refractivity contribution >= 4 is 11.8 Å². The van der Waals surface area contributed by atoms with Crippen molar-refractivity contribution in [1.29, 1.82) is 0 Å². The normalized spacial score (nSPS) is 26.4. The van der Waals surface area contributed by atoms with Crippen LogP contribution in [-0.2, 0) is 16.0 Å². The highest BCUT2D eigenvalue weighted by molar-refractivity contribution is 5.91. The lowest BCUT2D eigenvalue weighted by atomic mass is 9.82. The minimum absolute atomic E-state index is 0.00363. The molecule has 1 aliphatic carbocycles. The minimum atomic E-state index is -1.31. The molecule has 2 saturated heterocycles. The molecule has 2 bridgehead atoms. The zero-order chi connectivity index (χ0) is 23.0. The van der Waals surface area contributed by atoms with Gasteiger partial charge in [0.05, 0.1) is 6.54 Å². The van der Waals surface area contributed by atoms with E-state index in [0.29, 0.717) is 31.7 Å². The number of rotatable bonds is 8. The second kappa shape index (κ2) is 8.77. The summed E-state index contributed by atoms with van der Waals surface area (Å²) in [6.07, 6.45) is 5.55. The fourth-order valence-electron chi connectivity index (χ4n) is 5.18. The molecule has 1 saturated carbocycles. The van der Waals surface area contributed by atoms with E-state index in [-0.39, 0.29) is 48.5 Å². The first-order valence-corrected chi connectivity index (χ1v) is 11.0. The van der Waals surface area contributed by atoms with E-state index in [1.807, 2.05) is 4.90 Å². The van der Waals surface area contributed by atoms with Crippen LogP contribution in [0.3, 0.4) is 0 Å². The Bertz CT molecular complexity index is 907. The van der Waals surface area contributed by atoms with Crippen LogP contribution < -0.4 is 10.6 Å². The van der Waals surface area contributed by atoms with Crippen molar-refractivity contribution in [3.63, 3.8) is 0 Å². The maximum atomic E-state index is 14.2. The standard InChI is InChI=1S/C23H28F3N3O3/c1-2-27-20(10-13-9-18(25)19(26)11-17(13)24)14-7-15-3-4-16(8-14)29(15)21(30)12-28-22(31)23(32)5-6-23/h2,9,11,14-16,20,27,32H,1,3-8,10,12H2,(H,28,31)/t14?,15-,16?,20+/m0/s1. The summed E-state index contributed by atoms with van der Waals surface area (Å²) in [5.74, 6) is -3.68. The Labute approximate surface area is 184 Å². The van der Waals surface area contributed by atoms with E-state index in [1.54, 1.807) is 0 Å². The third-order valence-corrected chi connectivity index (χ3v) is 7.03. The van der Waals surface area contributed by atoms with E-state index < -0.39 is 29.0 Å². The van der Waals surface area contributed by atoms with Gasteiger partial charge in [-0.1, -0.05) is 6.58 Å². The lowest BCUT2D eigenvalue weighted by molar-refractivity contribution is -0.139. The number of nitrogens with one attached hydrogen (secondary N) is 2. The zero-order valence-electron chi connectivity index (χ0n) is 17.8. The third kappa shape index (κ3) is 4.48. The number of halogens is 3. The Kier molecular flexibility index (Phi) is 6.20. The van der Waals surface area contributed by atoms with Gasteiger partial charge in [-0.2, -0.15) is 0 Å². The third-order valence-electron chi connectivity index (χ3n) is 7.03. The number of carbonyl (C=O) groups is 2. The molecule has 1 aromatic carbocycles. The first kappa shape index (κ1) is 22.6. The van der Waals surface area contributed by atoms with Crippen LogP contribution in [0.15, 0.2) is 24.9 Å². The van der Waals surface area contributed by atoms with Crippen molar-refractivity contribution in [3.8, 4) is 0 Å². The predicted octanol–water partition coefficient (Wildman–Crippen LogP) is 2.16. The highest BCUT2D eigenvalue weighted by Gasteiger charge is 2.49. The average Bonchev–Trinajstić information content (AvgIpc) is 3.45. The molecule has 0 aromatic heterocycles. The van der Waals surface area contributed by atoms with Gasteiger partial charge in [-0.15, -0.1) is 0 Å². The molecule has 2 heterocycles. The summed E-state index contributed by atoms with van der Waals surface area (Å²) in [5.41, 5.74) is -1.22. The summed E-state index contributed by atoms with van der Waals surface area (Å²) in [6, 6.07) is 1.21. The van der Waals surface area contributed by atoms with E-state index in [4.69, 9.17) is 0 Å². The summed E-state index contributed by atoms with van der Waals surface area (Å²) < 4.78 is 41.1. The number of hydrogen-bond acceptors (Lipinski definition) is 4. The Morgan fingerprint density at radius 1 is 1.16 bits per heavy atom. The van der Waals surface area contributed by atoms with Crippen molar-refractivity contribution in [2.24, 2.45) is 5.92 Å². The molecule has 0 radical (unpaired) electrons. The molecule has 2 unspecified atom stereocenters. The van der Waals surface area contributed by atoms with Gasteiger partial charge in [-0.25, -0.2) is 13.2 Å². The molecule has 2 amide bonds. The van der Waals surface area contributed by atoms with E-state index in [0.717, 1.165) is 18.9 Å². The number of aliphatic hydroxyl groups is 1. The summed E-state index contributed by atoms with van der Waals surface area (Å²) in [6.45, 7) is 3.54. The average molecular weight is 451 g/mol. The number of hydrogen-bond donors (Lipinski definition) is 3. The largest absolute Gasteiger partial charge is 0.388 e. The van der Waals surface area contributed by atoms with Crippen LogP contribution in [0.1, 0.15) is 44.1 Å². The SMILES string of the molecule is C=CN[C@H](Cc1cc(F)c(F)cc1F)C1CC2CC[C@@H](C1)N2C(=O)CNC(=O)C1(O)CC1. The van der Waals surface area contributed by atoms with Crippen LogP contribution in [0.2, 0.25) is 0 Å². The van der Waals surface area contributed by atoms with Crippen LogP contribution in [0.25, 0.3) is 0 Å². The summed E-state index contributed by atoms with van der Waals surface area (Å²) >= 11 is 0. The van der Waals surface area contributed by atoms with E-state index >= 15 is 0 Å². The molecule has 3 fully saturated rings. The highest BCUT2D eigenvalue weighted by Crippen LogP contribution is 2.41. The van der Waals surface area contributed by atoms with E-state index in [2.05, 4.69) is 17.2 Å². The van der Waals surface area contributed by atoms with E-state index in [9.17, 15) is 27.9 Å². The van der Waals surface area contributed by atoms with Gasteiger partial charge in [-0.3, -0.25) is 9.59 Å². The second-order valence-electron chi connectivity index (χ2n) is 9.17. The van der Waals surface area contributed by atoms with Crippen LogP contribution in [0.5, 0.6) is 0 Å². The molecule has 4 rings (SSSR count). The molecule has 6 nitrogen and oxygen atoms in total. The molecule has 32 heavy (non-hydrogen) atoms. The van der Waals surface area contributed by atoms with Crippen LogP contribution in [-0.4, -0.2) is 52.1 Å². The number of benzene rings is 1. The van der Waals surface area contributed by atoms with Gasteiger partial charge < -0.3 is 20.6 Å². The van der Waals surface area contributed by atoms with Gasteiger partial charge in [0.2, 0.25) is 5.91 Å². The van der Waals surface area contributed by atoms with Gasteiger partial charge >= 0.3 is 0 Å². The number of fused-ring (bicyclic) bond motifs is 2. The van der Waals surface area contributed by atoms with Gasteiger partial charge in [-0.05, 0) is 68.7 Å². The van der Waals surface area contributed by atoms with Crippen molar-refractivity contribution in [2.45, 2.75) is 68.7 Å². The number of carbonyl (C=O) groups excluding carboxylic acids is 2. The molecular weight excluding hydrogens is 423 g/mol. The van der Waals surface area contributed by atoms with Gasteiger partial charge in [0.1, 0.15) is 11.4 Å². The summed E-state index contributed by atoms with van der Waals surface area (Å²) in [4.78, 5) is 26.5. The monoisotopic (exact) mass is 451 g/mol. The van der Waals surface area contributed by atoms with Crippen LogP contribution >= 0.6 is 0 Å². The quantitative estimate of drug-likeness (QED) is 0.529. The Morgan fingerprint density at radius 3 is 2.38 bits per heavy atom. The van der Waals surface area contributed by atoms with E-state index in [1.165, 1.54) is 6.20 Å². The first-order valence-electron chi connectivity index (χ1n) is 11.0. The van der Waals surface area contributed by atoms with Gasteiger partial charge in [0.15, 0.2) is 11.6 Å². The summed E-state index contributed by atoms with van der Waals surface area (Å²) in [5, 5.41) is 15.5. The van der Waals surface area contributed by atoms with Gasteiger partial charge in [0, 0.05) is 24.2 Å². The minimum Gasteiger partial charge on any atom is -0.388 e. The second-order valence-corrected chi connectivity index (χ2v) is 9.17. The van der Waals surface area contributed by atoms with Crippen molar-refractivity contribution < 1.29 is 27.9 Å². The maximum absolute atomic E-state index is 14.2. The lowest BCUT2D eigenvalue weighted by Crippen LogP contribution is -2.53. The molecule has 9 heteroatoms.